The molecule has 0 fully saturated rings. The van der Waals surface area contributed by atoms with Crippen molar-refractivity contribution >= 4 is 11.6 Å². The van der Waals surface area contributed by atoms with E-state index in [0.29, 0.717) is 6.07 Å². The summed E-state index contributed by atoms with van der Waals surface area (Å²) in [6.07, 6.45) is -4.64. The Morgan fingerprint density at radius 2 is 2.11 bits per heavy atom. The number of methoxy groups -OCH3 is 1. The molecule has 1 N–H and O–H groups in total. The number of ether oxygens (including phenoxy) is 1. The predicted octanol–water partition coefficient (Wildman–Crippen LogP) is 1.45. The summed E-state index contributed by atoms with van der Waals surface area (Å²) in [5, 5.41) is 12.0. The fourth-order valence-corrected chi connectivity index (χ4v) is 1.34. The molecule has 0 saturated heterocycles. The van der Waals surface area contributed by atoms with Crippen molar-refractivity contribution in [3.63, 3.8) is 0 Å². The number of halogens is 3. The zero-order chi connectivity index (χ0) is 13.5. The van der Waals surface area contributed by atoms with E-state index in [9.17, 15) is 18.0 Å². The lowest BCUT2D eigenvalue weighted by Crippen LogP contribution is -2.07. The standard InChI is InChI=1S/C9H6F3N3O3/c1-18-7-2-4(8(16)17)13-6-3-5(9(10,11)12)14-15(6)7/h2-3H,1H3,(H,16,17). The number of fused-ring (bicyclic) bond motifs is 1. The van der Waals surface area contributed by atoms with Crippen LogP contribution in [0.5, 0.6) is 5.88 Å². The molecule has 0 aromatic carbocycles. The van der Waals surface area contributed by atoms with Crippen LogP contribution in [-0.4, -0.2) is 32.8 Å². The first-order valence-corrected chi connectivity index (χ1v) is 4.58. The molecule has 0 amide bonds. The van der Waals surface area contributed by atoms with E-state index in [0.717, 1.165) is 10.6 Å². The Balaban J connectivity index is 2.71. The molecule has 18 heavy (non-hydrogen) atoms. The Kier molecular flexibility index (Phi) is 2.60. The van der Waals surface area contributed by atoms with E-state index in [1.54, 1.807) is 0 Å². The van der Waals surface area contributed by atoms with Gasteiger partial charge in [-0.15, -0.1) is 0 Å². The van der Waals surface area contributed by atoms with Crippen LogP contribution in [0, 0.1) is 0 Å². The van der Waals surface area contributed by atoms with Gasteiger partial charge in [-0.05, 0) is 0 Å². The Morgan fingerprint density at radius 1 is 1.44 bits per heavy atom. The molecule has 0 unspecified atom stereocenters. The molecule has 2 heterocycles. The third kappa shape index (κ3) is 1.94. The molecular weight excluding hydrogens is 255 g/mol. The zero-order valence-corrected chi connectivity index (χ0v) is 8.89. The number of carboxylic acid groups (broad SMARTS) is 1. The van der Waals surface area contributed by atoms with Crippen LogP contribution in [0.15, 0.2) is 12.1 Å². The number of aromatic carboxylic acids is 1. The summed E-state index contributed by atoms with van der Waals surface area (Å²) in [5.74, 6) is -1.52. The number of carbonyl (C=O) groups is 1. The van der Waals surface area contributed by atoms with Crippen molar-refractivity contribution < 1.29 is 27.8 Å². The van der Waals surface area contributed by atoms with E-state index >= 15 is 0 Å². The molecule has 0 radical (unpaired) electrons. The van der Waals surface area contributed by atoms with Gasteiger partial charge in [0.05, 0.1) is 7.11 Å². The van der Waals surface area contributed by atoms with Crippen molar-refractivity contribution in [2.24, 2.45) is 0 Å². The molecule has 0 aliphatic heterocycles. The largest absolute Gasteiger partial charge is 0.481 e. The van der Waals surface area contributed by atoms with Gasteiger partial charge in [-0.25, -0.2) is 9.78 Å². The number of carboxylic acids is 1. The predicted molar refractivity (Wildman–Crippen MR) is 51.5 cm³/mol. The Bertz CT molecular complexity index is 621. The first-order valence-electron chi connectivity index (χ1n) is 4.58. The van der Waals surface area contributed by atoms with Crippen LogP contribution in [0.3, 0.4) is 0 Å². The van der Waals surface area contributed by atoms with Crippen LogP contribution in [-0.2, 0) is 6.18 Å². The van der Waals surface area contributed by atoms with E-state index in [-0.39, 0.29) is 11.5 Å². The minimum absolute atomic E-state index is 0.145. The summed E-state index contributed by atoms with van der Waals surface area (Å²) in [6, 6.07) is 1.64. The van der Waals surface area contributed by atoms with Crippen LogP contribution < -0.4 is 4.74 Å². The quantitative estimate of drug-likeness (QED) is 0.885. The average Bonchev–Trinajstić information content (AvgIpc) is 2.70. The molecule has 0 saturated carbocycles. The van der Waals surface area contributed by atoms with Gasteiger partial charge >= 0.3 is 12.1 Å². The Hall–Kier alpha value is -2.32. The van der Waals surface area contributed by atoms with Crippen LogP contribution in [0.2, 0.25) is 0 Å². The third-order valence-corrected chi connectivity index (χ3v) is 2.11. The maximum atomic E-state index is 12.5. The van der Waals surface area contributed by atoms with E-state index in [1.807, 2.05) is 0 Å². The van der Waals surface area contributed by atoms with Crippen LogP contribution in [0.25, 0.3) is 5.65 Å². The van der Waals surface area contributed by atoms with Gasteiger partial charge in [0, 0.05) is 12.1 Å². The molecule has 0 spiro atoms. The first-order chi connectivity index (χ1) is 8.32. The molecule has 0 bridgehead atoms. The summed E-state index contributed by atoms with van der Waals surface area (Å²) in [4.78, 5) is 14.3. The third-order valence-electron chi connectivity index (χ3n) is 2.11. The van der Waals surface area contributed by atoms with E-state index in [1.165, 1.54) is 7.11 Å². The molecule has 96 valence electrons. The zero-order valence-electron chi connectivity index (χ0n) is 8.89. The number of hydrogen-bond donors (Lipinski definition) is 1. The van der Waals surface area contributed by atoms with E-state index < -0.39 is 23.5 Å². The fraction of sp³-hybridized carbons (Fsp3) is 0.222. The van der Waals surface area contributed by atoms with Gasteiger partial charge in [0.25, 0.3) is 0 Å². The highest BCUT2D eigenvalue weighted by atomic mass is 19.4. The minimum Gasteiger partial charge on any atom is -0.481 e. The fourth-order valence-electron chi connectivity index (χ4n) is 1.34. The highest BCUT2D eigenvalue weighted by Gasteiger charge is 2.34. The van der Waals surface area contributed by atoms with Crippen molar-refractivity contribution in [2.45, 2.75) is 6.18 Å². The summed E-state index contributed by atoms with van der Waals surface area (Å²) < 4.78 is 42.9. The van der Waals surface area contributed by atoms with Gasteiger partial charge in [-0.3, -0.25) is 0 Å². The second-order valence-electron chi connectivity index (χ2n) is 3.29. The molecule has 0 aliphatic rings. The van der Waals surface area contributed by atoms with Crippen molar-refractivity contribution in [2.75, 3.05) is 7.11 Å². The summed E-state index contributed by atoms with van der Waals surface area (Å²) >= 11 is 0. The van der Waals surface area contributed by atoms with Crippen LogP contribution in [0.4, 0.5) is 13.2 Å². The number of aromatic nitrogens is 3. The molecule has 6 nitrogen and oxygen atoms in total. The second kappa shape index (κ2) is 3.86. The lowest BCUT2D eigenvalue weighted by atomic mass is 10.4. The molecular formula is C9H6F3N3O3. The number of hydrogen-bond acceptors (Lipinski definition) is 4. The molecule has 2 rings (SSSR count). The number of rotatable bonds is 2. The number of nitrogens with zero attached hydrogens (tertiary/aromatic N) is 3. The molecule has 9 heteroatoms. The Morgan fingerprint density at radius 3 is 2.61 bits per heavy atom. The van der Waals surface area contributed by atoms with E-state index in [2.05, 4.69) is 10.1 Å². The van der Waals surface area contributed by atoms with Crippen molar-refractivity contribution in [1.29, 1.82) is 0 Å². The summed E-state index contributed by atoms with van der Waals surface area (Å²) in [7, 11) is 1.19. The van der Waals surface area contributed by atoms with E-state index in [4.69, 9.17) is 9.84 Å². The normalized spacial score (nSPS) is 11.8. The minimum atomic E-state index is -4.64. The second-order valence-corrected chi connectivity index (χ2v) is 3.29. The van der Waals surface area contributed by atoms with Crippen molar-refractivity contribution in [3.05, 3.63) is 23.5 Å². The maximum absolute atomic E-state index is 12.5. The summed E-state index contributed by atoms with van der Waals surface area (Å²) in [5.41, 5.74) is -1.84. The topological polar surface area (TPSA) is 76.7 Å². The molecule has 0 atom stereocenters. The first kappa shape index (κ1) is 12.1. The van der Waals surface area contributed by atoms with Crippen LogP contribution >= 0.6 is 0 Å². The summed E-state index contributed by atoms with van der Waals surface area (Å²) in [6.45, 7) is 0. The van der Waals surface area contributed by atoms with Gasteiger partial charge in [-0.1, -0.05) is 0 Å². The van der Waals surface area contributed by atoms with Gasteiger partial charge in [-0.2, -0.15) is 22.8 Å². The number of alkyl halides is 3. The van der Waals surface area contributed by atoms with Crippen molar-refractivity contribution in [1.82, 2.24) is 14.6 Å². The van der Waals surface area contributed by atoms with Gasteiger partial charge < -0.3 is 9.84 Å². The van der Waals surface area contributed by atoms with Gasteiger partial charge in [0.1, 0.15) is 0 Å². The monoisotopic (exact) mass is 261 g/mol. The maximum Gasteiger partial charge on any atom is 0.435 e. The lowest BCUT2D eigenvalue weighted by Gasteiger charge is -2.03. The molecule has 2 aromatic rings. The Labute approximate surface area is 97.6 Å². The van der Waals surface area contributed by atoms with Crippen LogP contribution in [0.1, 0.15) is 16.2 Å². The SMILES string of the molecule is COc1cc(C(=O)O)nc2cc(C(F)(F)F)nn12. The lowest BCUT2D eigenvalue weighted by molar-refractivity contribution is -0.141. The highest BCUT2D eigenvalue weighted by Crippen LogP contribution is 2.29. The van der Waals surface area contributed by atoms with Crippen molar-refractivity contribution in [3.8, 4) is 5.88 Å². The smallest absolute Gasteiger partial charge is 0.435 e. The molecule has 2 aromatic heterocycles. The average molecular weight is 261 g/mol. The van der Waals surface area contributed by atoms with Gasteiger partial charge in [0.2, 0.25) is 5.88 Å². The highest BCUT2D eigenvalue weighted by molar-refractivity contribution is 5.86. The van der Waals surface area contributed by atoms with Gasteiger partial charge in [0.15, 0.2) is 17.0 Å². The molecule has 0 aliphatic carbocycles.